The van der Waals surface area contributed by atoms with Crippen molar-refractivity contribution in [3.05, 3.63) is 24.3 Å². The highest BCUT2D eigenvalue weighted by Gasteiger charge is 2.22. The maximum atomic E-state index is 12.6. The SMILES string of the molecule is CCN(CC)S(=O)(=O)c1cccc(NC(=O)CN(C)CC(=O)NC(C)C)c1. The monoisotopic (exact) mass is 398 g/mol. The Morgan fingerprint density at radius 2 is 1.67 bits per heavy atom. The lowest BCUT2D eigenvalue weighted by atomic mass is 10.3. The van der Waals surface area contributed by atoms with Gasteiger partial charge in [0, 0.05) is 24.8 Å². The second kappa shape index (κ2) is 10.4. The van der Waals surface area contributed by atoms with Gasteiger partial charge in [-0.15, -0.1) is 0 Å². The molecule has 0 spiro atoms. The molecule has 8 nitrogen and oxygen atoms in total. The largest absolute Gasteiger partial charge is 0.353 e. The van der Waals surface area contributed by atoms with Crippen LogP contribution >= 0.6 is 0 Å². The minimum Gasteiger partial charge on any atom is -0.353 e. The van der Waals surface area contributed by atoms with Gasteiger partial charge in [-0.25, -0.2) is 8.42 Å². The molecular weight excluding hydrogens is 368 g/mol. The number of carbonyl (C=O) groups excluding carboxylic acids is 2. The van der Waals surface area contributed by atoms with Crippen LogP contribution in [0, 0.1) is 0 Å². The maximum absolute atomic E-state index is 12.6. The molecule has 0 saturated heterocycles. The molecule has 0 saturated carbocycles. The van der Waals surface area contributed by atoms with Gasteiger partial charge in [0.25, 0.3) is 0 Å². The number of likely N-dealkylation sites (N-methyl/N-ethyl adjacent to an activating group) is 1. The van der Waals surface area contributed by atoms with Crippen molar-refractivity contribution in [2.24, 2.45) is 0 Å². The van der Waals surface area contributed by atoms with Gasteiger partial charge in [-0.1, -0.05) is 19.9 Å². The molecule has 1 rings (SSSR count). The van der Waals surface area contributed by atoms with E-state index in [1.807, 2.05) is 13.8 Å². The van der Waals surface area contributed by atoms with E-state index < -0.39 is 10.0 Å². The summed E-state index contributed by atoms with van der Waals surface area (Å²) in [5.41, 5.74) is 0.397. The molecule has 0 fully saturated rings. The van der Waals surface area contributed by atoms with E-state index in [1.54, 1.807) is 37.9 Å². The van der Waals surface area contributed by atoms with Crippen LogP contribution in [0.25, 0.3) is 0 Å². The number of rotatable bonds is 10. The van der Waals surface area contributed by atoms with E-state index in [9.17, 15) is 18.0 Å². The van der Waals surface area contributed by atoms with Gasteiger partial charge in [-0.3, -0.25) is 14.5 Å². The molecule has 0 radical (unpaired) electrons. The first kappa shape index (κ1) is 23.1. The van der Waals surface area contributed by atoms with E-state index in [4.69, 9.17) is 0 Å². The van der Waals surface area contributed by atoms with Gasteiger partial charge in [0.05, 0.1) is 18.0 Å². The summed E-state index contributed by atoms with van der Waals surface area (Å²) in [6, 6.07) is 6.20. The minimum absolute atomic E-state index is 0.0124. The van der Waals surface area contributed by atoms with Crippen molar-refractivity contribution in [3.63, 3.8) is 0 Å². The molecule has 9 heteroatoms. The normalized spacial score (nSPS) is 11.9. The van der Waals surface area contributed by atoms with Crippen molar-refractivity contribution >= 4 is 27.5 Å². The van der Waals surface area contributed by atoms with Crippen LogP contribution in [0.1, 0.15) is 27.7 Å². The van der Waals surface area contributed by atoms with Gasteiger partial charge >= 0.3 is 0 Å². The van der Waals surface area contributed by atoms with Crippen LogP contribution in [0.4, 0.5) is 5.69 Å². The standard InChI is InChI=1S/C18H30N4O4S/c1-6-22(7-2)27(25,26)16-10-8-9-15(11-16)20-18(24)13-21(5)12-17(23)19-14(3)4/h8-11,14H,6-7,12-13H2,1-5H3,(H,19,23)(H,20,24). The zero-order valence-corrected chi connectivity index (χ0v) is 17.5. The molecular formula is C18H30N4O4S. The summed E-state index contributed by atoms with van der Waals surface area (Å²) < 4.78 is 26.5. The predicted octanol–water partition coefficient (Wildman–Crippen LogP) is 1.11. The lowest BCUT2D eigenvalue weighted by molar-refractivity contribution is -0.123. The average molecular weight is 399 g/mol. The average Bonchev–Trinajstić information content (AvgIpc) is 2.54. The van der Waals surface area contributed by atoms with Gasteiger partial charge in [0.2, 0.25) is 21.8 Å². The van der Waals surface area contributed by atoms with Gasteiger partial charge in [-0.05, 0) is 39.1 Å². The molecule has 1 aromatic carbocycles. The summed E-state index contributed by atoms with van der Waals surface area (Å²) in [7, 11) is -1.92. The first-order chi connectivity index (χ1) is 12.6. The third-order valence-corrected chi connectivity index (χ3v) is 5.78. The molecule has 2 N–H and O–H groups in total. The number of nitrogens with zero attached hydrogens (tertiary/aromatic N) is 2. The summed E-state index contributed by atoms with van der Waals surface area (Å²) in [4.78, 5) is 25.6. The zero-order chi connectivity index (χ0) is 20.6. The molecule has 2 amide bonds. The lowest BCUT2D eigenvalue weighted by Gasteiger charge is -2.19. The molecule has 0 aliphatic heterocycles. The number of hydrogen-bond acceptors (Lipinski definition) is 5. The third-order valence-electron chi connectivity index (χ3n) is 3.74. The summed E-state index contributed by atoms with van der Waals surface area (Å²) in [5.74, 6) is -0.486. The number of benzene rings is 1. The van der Waals surface area contributed by atoms with E-state index in [1.165, 1.54) is 16.4 Å². The van der Waals surface area contributed by atoms with Gasteiger partial charge in [0.1, 0.15) is 0 Å². The van der Waals surface area contributed by atoms with Crippen LogP contribution < -0.4 is 10.6 Å². The van der Waals surface area contributed by atoms with Gasteiger partial charge in [0.15, 0.2) is 0 Å². The maximum Gasteiger partial charge on any atom is 0.243 e. The van der Waals surface area contributed by atoms with Gasteiger partial charge < -0.3 is 10.6 Å². The van der Waals surface area contributed by atoms with E-state index in [2.05, 4.69) is 10.6 Å². The van der Waals surface area contributed by atoms with E-state index in [0.717, 1.165) is 0 Å². The van der Waals surface area contributed by atoms with Crippen LogP contribution in [0.2, 0.25) is 0 Å². The summed E-state index contributed by atoms with van der Waals surface area (Å²) in [6.07, 6.45) is 0. The quantitative estimate of drug-likeness (QED) is 0.615. The van der Waals surface area contributed by atoms with Crippen LogP contribution in [0.3, 0.4) is 0 Å². The molecule has 0 atom stereocenters. The predicted molar refractivity (Wildman–Crippen MR) is 106 cm³/mol. The lowest BCUT2D eigenvalue weighted by Crippen LogP contribution is -2.41. The van der Waals surface area contributed by atoms with Crippen LogP contribution in [0.15, 0.2) is 29.2 Å². The summed E-state index contributed by atoms with van der Waals surface area (Å²) in [6.45, 7) is 8.14. The van der Waals surface area contributed by atoms with E-state index in [0.29, 0.717) is 18.8 Å². The minimum atomic E-state index is -3.59. The first-order valence-corrected chi connectivity index (χ1v) is 10.4. The van der Waals surface area contributed by atoms with Gasteiger partial charge in [-0.2, -0.15) is 4.31 Å². The highest BCUT2D eigenvalue weighted by Crippen LogP contribution is 2.19. The number of anilines is 1. The molecule has 0 unspecified atom stereocenters. The molecule has 0 heterocycles. The Morgan fingerprint density at radius 3 is 2.22 bits per heavy atom. The van der Waals surface area contributed by atoms with Crippen molar-refractivity contribution in [1.82, 2.24) is 14.5 Å². The Balaban J connectivity index is 2.74. The Bertz CT molecular complexity index is 745. The second-order valence-electron chi connectivity index (χ2n) is 6.56. The van der Waals surface area contributed by atoms with Crippen molar-refractivity contribution in [3.8, 4) is 0 Å². The topological polar surface area (TPSA) is 98.8 Å². The van der Waals surface area contributed by atoms with E-state index in [-0.39, 0.29) is 35.8 Å². The fourth-order valence-corrected chi connectivity index (χ4v) is 4.07. The first-order valence-electron chi connectivity index (χ1n) is 8.98. The summed E-state index contributed by atoms with van der Waals surface area (Å²) in [5, 5.41) is 5.44. The Hall–Kier alpha value is -1.97. The molecule has 0 aromatic heterocycles. The third kappa shape index (κ3) is 7.28. The van der Waals surface area contributed by atoms with Crippen molar-refractivity contribution < 1.29 is 18.0 Å². The van der Waals surface area contributed by atoms with Crippen molar-refractivity contribution in [2.75, 3.05) is 38.5 Å². The summed E-state index contributed by atoms with van der Waals surface area (Å²) >= 11 is 0. The van der Waals surface area contributed by atoms with Crippen molar-refractivity contribution in [2.45, 2.75) is 38.6 Å². The fourth-order valence-electron chi connectivity index (χ4n) is 2.56. The van der Waals surface area contributed by atoms with Crippen LogP contribution in [0.5, 0.6) is 0 Å². The van der Waals surface area contributed by atoms with Crippen molar-refractivity contribution in [1.29, 1.82) is 0 Å². The zero-order valence-electron chi connectivity index (χ0n) is 16.7. The molecule has 0 bridgehead atoms. The Labute approximate surface area is 162 Å². The number of carbonyl (C=O) groups is 2. The smallest absolute Gasteiger partial charge is 0.243 e. The van der Waals surface area contributed by atoms with Crippen LogP contribution in [-0.2, 0) is 19.6 Å². The number of amides is 2. The molecule has 0 aliphatic rings. The second-order valence-corrected chi connectivity index (χ2v) is 8.50. The van der Waals surface area contributed by atoms with E-state index >= 15 is 0 Å². The highest BCUT2D eigenvalue weighted by atomic mass is 32.2. The molecule has 1 aromatic rings. The fraction of sp³-hybridized carbons (Fsp3) is 0.556. The molecule has 152 valence electrons. The number of nitrogens with one attached hydrogen (secondary N) is 2. The molecule has 27 heavy (non-hydrogen) atoms. The van der Waals surface area contributed by atoms with Crippen LogP contribution in [-0.4, -0.2) is 68.7 Å². The Kier molecular flexibility index (Phi) is 8.87. The highest BCUT2D eigenvalue weighted by molar-refractivity contribution is 7.89. The Morgan fingerprint density at radius 1 is 1.07 bits per heavy atom. The number of sulfonamides is 1. The molecule has 0 aliphatic carbocycles. The number of hydrogen-bond donors (Lipinski definition) is 2.